The molecule has 2 N–H and O–H groups in total. The lowest BCUT2D eigenvalue weighted by atomic mass is 10.2. The first-order valence-corrected chi connectivity index (χ1v) is 5.98. The lowest BCUT2D eigenvalue weighted by molar-refractivity contribution is -0.136. The summed E-state index contributed by atoms with van der Waals surface area (Å²) in [6.07, 6.45) is -0.114. The number of halogens is 1. The van der Waals surface area contributed by atoms with E-state index in [1.807, 2.05) is 0 Å². The summed E-state index contributed by atoms with van der Waals surface area (Å²) in [6, 6.07) is 3.23. The standard InChI is InChI=1S/C9H8BrNO4S/c10-9-5(3-7(12)13)1-2-6(11-9)16-4-8(14)15/h1-2H,3-4H2,(H,12,13)(H,14,15). The topological polar surface area (TPSA) is 87.5 Å². The molecule has 1 rings (SSSR count). The zero-order chi connectivity index (χ0) is 12.1. The van der Waals surface area contributed by atoms with Crippen LogP contribution < -0.4 is 0 Å². The minimum absolute atomic E-state index is 0.0717. The monoisotopic (exact) mass is 305 g/mol. The van der Waals surface area contributed by atoms with Gasteiger partial charge < -0.3 is 10.2 Å². The van der Waals surface area contributed by atoms with Crippen LogP contribution in [0.4, 0.5) is 0 Å². The van der Waals surface area contributed by atoms with Crippen LogP contribution in [0.15, 0.2) is 21.8 Å². The van der Waals surface area contributed by atoms with Gasteiger partial charge in [-0.3, -0.25) is 9.59 Å². The van der Waals surface area contributed by atoms with Crippen LogP contribution >= 0.6 is 27.7 Å². The Balaban J connectivity index is 2.74. The van der Waals surface area contributed by atoms with Gasteiger partial charge in [-0.1, -0.05) is 17.8 Å². The predicted octanol–water partition coefficient (Wildman–Crippen LogP) is 1.65. The van der Waals surface area contributed by atoms with Crippen LogP contribution in [-0.4, -0.2) is 32.9 Å². The van der Waals surface area contributed by atoms with Crippen molar-refractivity contribution in [3.05, 3.63) is 22.3 Å². The quantitative estimate of drug-likeness (QED) is 0.635. The van der Waals surface area contributed by atoms with Crippen molar-refractivity contribution in [2.24, 2.45) is 0 Å². The molecule has 0 amide bonds. The number of carbonyl (C=O) groups is 2. The molecule has 0 aliphatic heterocycles. The summed E-state index contributed by atoms with van der Waals surface area (Å²) < 4.78 is 0.435. The average Bonchev–Trinajstić information content (AvgIpc) is 2.18. The maximum Gasteiger partial charge on any atom is 0.313 e. The number of aromatic nitrogens is 1. The van der Waals surface area contributed by atoms with Crippen molar-refractivity contribution in [1.29, 1.82) is 0 Å². The van der Waals surface area contributed by atoms with E-state index in [-0.39, 0.29) is 12.2 Å². The zero-order valence-corrected chi connectivity index (χ0v) is 10.4. The lowest BCUT2D eigenvalue weighted by Crippen LogP contribution is -2.02. The van der Waals surface area contributed by atoms with Crippen molar-refractivity contribution in [1.82, 2.24) is 4.98 Å². The summed E-state index contributed by atoms with van der Waals surface area (Å²) in [5, 5.41) is 17.6. The lowest BCUT2D eigenvalue weighted by Gasteiger charge is -2.03. The van der Waals surface area contributed by atoms with Crippen molar-refractivity contribution >= 4 is 39.6 Å². The van der Waals surface area contributed by atoms with Crippen LogP contribution in [0.3, 0.4) is 0 Å². The maximum absolute atomic E-state index is 10.5. The molecule has 0 aliphatic rings. The Bertz CT molecular complexity index is 424. The van der Waals surface area contributed by atoms with Crippen molar-refractivity contribution in [2.45, 2.75) is 11.4 Å². The molecule has 0 fully saturated rings. The van der Waals surface area contributed by atoms with Crippen molar-refractivity contribution in [2.75, 3.05) is 5.75 Å². The molecule has 0 atom stereocenters. The highest BCUT2D eigenvalue weighted by Crippen LogP contribution is 2.21. The number of aliphatic carboxylic acids is 2. The van der Waals surface area contributed by atoms with Crippen LogP contribution in [-0.2, 0) is 16.0 Å². The molecule has 0 radical (unpaired) electrons. The largest absolute Gasteiger partial charge is 0.481 e. The van der Waals surface area contributed by atoms with Gasteiger partial charge in [-0.05, 0) is 27.6 Å². The number of carboxylic acid groups (broad SMARTS) is 2. The fraction of sp³-hybridized carbons (Fsp3) is 0.222. The van der Waals surface area contributed by atoms with Crippen LogP contribution in [0.5, 0.6) is 0 Å². The van der Waals surface area contributed by atoms with Crippen LogP contribution in [0.1, 0.15) is 5.56 Å². The van der Waals surface area contributed by atoms with Gasteiger partial charge in [0.25, 0.3) is 0 Å². The molecule has 0 bridgehead atoms. The van der Waals surface area contributed by atoms with Gasteiger partial charge >= 0.3 is 11.9 Å². The molecule has 86 valence electrons. The molecule has 0 aromatic carbocycles. The van der Waals surface area contributed by atoms with E-state index in [1.54, 1.807) is 12.1 Å². The molecular weight excluding hydrogens is 298 g/mol. The summed E-state index contributed by atoms with van der Waals surface area (Å²) in [5.41, 5.74) is 0.562. The number of hydrogen-bond acceptors (Lipinski definition) is 4. The molecule has 0 unspecified atom stereocenters. The van der Waals surface area contributed by atoms with E-state index in [1.165, 1.54) is 0 Å². The first-order chi connectivity index (χ1) is 7.49. The number of nitrogens with zero attached hydrogens (tertiary/aromatic N) is 1. The molecule has 0 aliphatic carbocycles. The fourth-order valence-corrected chi connectivity index (χ4v) is 2.13. The molecule has 0 saturated heterocycles. The second kappa shape index (κ2) is 5.86. The third kappa shape index (κ3) is 4.19. The Morgan fingerprint density at radius 3 is 2.50 bits per heavy atom. The van der Waals surface area contributed by atoms with Crippen molar-refractivity contribution in [3.8, 4) is 0 Å². The van der Waals surface area contributed by atoms with E-state index in [9.17, 15) is 9.59 Å². The second-order valence-corrected chi connectivity index (χ2v) is 4.60. The van der Waals surface area contributed by atoms with Gasteiger partial charge in [0, 0.05) is 0 Å². The smallest absolute Gasteiger partial charge is 0.313 e. The van der Waals surface area contributed by atoms with Crippen LogP contribution in [0.25, 0.3) is 0 Å². The summed E-state index contributed by atoms with van der Waals surface area (Å²) >= 11 is 4.23. The van der Waals surface area contributed by atoms with E-state index < -0.39 is 11.9 Å². The highest BCUT2D eigenvalue weighted by molar-refractivity contribution is 9.10. The summed E-state index contributed by atoms with van der Waals surface area (Å²) in [4.78, 5) is 24.9. The second-order valence-electron chi connectivity index (χ2n) is 2.85. The first-order valence-electron chi connectivity index (χ1n) is 4.21. The van der Waals surface area contributed by atoms with Gasteiger partial charge in [0.2, 0.25) is 0 Å². The predicted molar refractivity (Wildman–Crippen MR) is 61.6 cm³/mol. The Kier molecular flexibility index (Phi) is 4.75. The fourth-order valence-electron chi connectivity index (χ4n) is 0.957. The molecule has 16 heavy (non-hydrogen) atoms. The number of rotatable bonds is 5. The van der Waals surface area contributed by atoms with Gasteiger partial charge in [0.05, 0.1) is 17.2 Å². The number of hydrogen-bond donors (Lipinski definition) is 2. The highest BCUT2D eigenvalue weighted by atomic mass is 79.9. The third-order valence-corrected chi connectivity index (χ3v) is 3.19. The van der Waals surface area contributed by atoms with Gasteiger partial charge in [-0.15, -0.1) is 0 Å². The molecule has 1 heterocycles. The SMILES string of the molecule is O=C(O)CSc1ccc(CC(=O)O)c(Br)n1. The summed E-state index contributed by atoms with van der Waals surface area (Å²) in [5.74, 6) is -1.93. The highest BCUT2D eigenvalue weighted by Gasteiger charge is 2.08. The zero-order valence-electron chi connectivity index (χ0n) is 8.01. The van der Waals surface area contributed by atoms with Crippen molar-refractivity contribution in [3.63, 3.8) is 0 Å². The summed E-state index contributed by atoms with van der Waals surface area (Å²) in [7, 11) is 0. The number of pyridine rings is 1. The Morgan fingerprint density at radius 2 is 2.00 bits per heavy atom. The van der Waals surface area contributed by atoms with Gasteiger partial charge in [0.15, 0.2) is 0 Å². The molecular formula is C9H8BrNO4S. The number of thioether (sulfide) groups is 1. The molecule has 5 nitrogen and oxygen atoms in total. The van der Waals surface area contributed by atoms with E-state index in [0.29, 0.717) is 15.2 Å². The average molecular weight is 306 g/mol. The van der Waals surface area contributed by atoms with Crippen LogP contribution in [0, 0.1) is 0 Å². The number of carboxylic acids is 2. The van der Waals surface area contributed by atoms with E-state index in [4.69, 9.17) is 10.2 Å². The molecule has 0 saturated carbocycles. The first kappa shape index (κ1) is 13.0. The minimum Gasteiger partial charge on any atom is -0.481 e. The van der Waals surface area contributed by atoms with E-state index in [2.05, 4.69) is 20.9 Å². The molecule has 1 aromatic heterocycles. The van der Waals surface area contributed by atoms with Gasteiger partial charge in [-0.2, -0.15) is 0 Å². The van der Waals surface area contributed by atoms with Crippen LogP contribution in [0.2, 0.25) is 0 Å². The molecule has 0 spiro atoms. The van der Waals surface area contributed by atoms with E-state index in [0.717, 1.165) is 11.8 Å². The minimum atomic E-state index is -0.937. The Labute approximate surface area is 104 Å². The maximum atomic E-state index is 10.5. The summed E-state index contributed by atoms with van der Waals surface area (Å²) in [6.45, 7) is 0. The van der Waals surface area contributed by atoms with Gasteiger partial charge in [-0.25, -0.2) is 4.98 Å². The van der Waals surface area contributed by atoms with E-state index >= 15 is 0 Å². The van der Waals surface area contributed by atoms with Crippen molar-refractivity contribution < 1.29 is 19.8 Å². The Morgan fingerprint density at radius 1 is 1.31 bits per heavy atom. The third-order valence-electron chi connectivity index (χ3n) is 1.59. The van der Waals surface area contributed by atoms with Gasteiger partial charge in [0.1, 0.15) is 4.60 Å². The molecule has 7 heteroatoms. The Hall–Kier alpha value is -1.08. The normalized spacial score (nSPS) is 10.1. The molecule has 1 aromatic rings.